The number of rotatable bonds is 6. The Kier molecular flexibility index (Phi) is 6.50. The highest BCUT2D eigenvalue weighted by molar-refractivity contribution is 7.09. The molecule has 1 N–H and O–H groups in total. The molecule has 0 aliphatic heterocycles. The minimum absolute atomic E-state index is 0.293. The number of amides is 1. The molecule has 0 saturated carbocycles. The van der Waals surface area contributed by atoms with Gasteiger partial charge in [0.05, 0.1) is 26.4 Å². The van der Waals surface area contributed by atoms with Crippen LogP contribution in [-0.2, 0) is 11.4 Å². The normalized spacial score (nSPS) is 10.9. The van der Waals surface area contributed by atoms with Crippen LogP contribution in [-0.4, -0.2) is 10.9 Å². The number of hydrogen-bond donors (Lipinski definition) is 1. The van der Waals surface area contributed by atoms with Crippen LogP contribution in [0.25, 0.3) is 6.08 Å². The Morgan fingerprint density at radius 1 is 1.22 bits per heavy atom. The second-order valence-electron chi connectivity index (χ2n) is 5.64. The van der Waals surface area contributed by atoms with Crippen molar-refractivity contribution < 1.29 is 9.53 Å². The van der Waals surface area contributed by atoms with Crippen LogP contribution in [0.4, 0.5) is 5.69 Å². The number of hydrogen-bond acceptors (Lipinski definition) is 4. The van der Waals surface area contributed by atoms with E-state index in [-0.39, 0.29) is 5.91 Å². The van der Waals surface area contributed by atoms with Crippen molar-refractivity contribution in [1.29, 1.82) is 0 Å². The average molecular weight is 419 g/mol. The number of ether oxygens (including phenoxy) is 1. The van der Waals surface area contributed by atoms with Crippen molar-refractivity contribution in [1.82, 2.24) is 4.98 Å². The molecule has 27 heavy (non-hydrogen) atoms. The molecule has 3 aromatic rings. The zero-order chi connectivity index (χ0) is 19.2. The summed E-state index contributed by atoms with van der Waals surface area (Å²) in [5.41, 5.74) is 2.26. The average Bonchev–Trinajstić information content (AvgIpc) is 3.08. The predicted octanol–water partition coefficient (Wildman–Crippen LogP) is 5.99. The lowest BCUT2D eigenvalue weighted by molar-refractivity contribution is -0.111. The number of carbonyl (C=O) groups excluding carboxylic acids is 1. The Balaban J connectivity index is 1.55. The molecule has 1 aromatic heterocycles. The van der Waals surface area contributed by atoms with E-state index >= 15 is 0 Å². The molecule has 1 amide bonds. The molecular formula is C20H16Cl2N2O2S. The van der Waals surface area contributed by atoms with Gasteiger partial charge in [-0.25, -0.2) is 4.98 Å². The largest absolute Gasteiger partial charge is 0.487 e. The molecule has 0 aliphatic rings. The standard InChI is InChI=1S/C20H16Cl2N2O2S/c1-13-23-15(12-27-13)11-26-16-8-5-14(6-9-16)7-10-19(25)24-18-4-2-3-17(21)20(18)22/h2-10,12H,11H2,1H3,(H,24,25). The Labute approximate surface area is 171 Å². The number of benzene rings is 2. The molecule has 0 spiro atoms. The fourth-order valence-electron chi connectivity index (χ4n) is 2.25. The number of thiazole rings is 1. The molecular weight excluding hydrogens is 403 g/mol. The summed E-state index contributed by atoms with van der Waals surface area (Å²) in [4.78, 5) is 16.4. The first-order valence-electron chi connectivity index (χ1n) is 8.08. The molecule has 4 nitrogen and oxygen atoms in total. The lowest BCUT2D eigenvalue weighted by Gasteiger charge is -2.06. The van der Waals surface area contributed by atoms with E-state index in [1.807, 2.05) is 36.6 Å². The summed E-state index contributed by atoms with van der Waals surface area (Å²) in [6, 6.07) is 12.5. The summed E-state index contributed by atoms with van der Waals surface area (Å²) in [6.45, 7) is 2.40. The van der Waals surface area contributed by atoms with Gasteiger partial charge in [-0.1, -0.05) is 41.4 Å². The van der Waals surface area contributed by atoms with Crippen molar-refractivity contribution in [2.75, 3.05) is 5.32 Å². The lowest BCUT2D eigenvalue weighted by Crippen LogP contribution is -2.08. The number of anilines is 1. The maximum atomic E-state index is 12.0. The van der Waals surface area contributed by atoms with Crippen LogP contribution < -0.4 is 10.1 Å². The molecule has 1 heterocycles. The van der Waals surface area contributed by atoms with E-state index in [9.17, 15) is 4.79 Å². The van der Waals surface area contributed by atoms with Crippen LogP contribution in [0.2, 0.25) is 10.0 Å². The van der Waals surface area contributed by atoms with Gasteiger partial charge in [0, 0.05) is 11.5 Å². The first kappa shape index (κ1) is 19.4. The van der Waals surface area contributed by atoms with E-state index in [1.165, 1.54) is 6.08 Å². The van der Waals surface area contributed by atoms with Crippen LogP contribution in [0, 0.1) is 6.92 Å². The van der Waals surface area contributed by atoms with Gasteiger partial charge in [0.1, 0.15) is 12.4 Å². The van der Waals surface area contributed by atoms with Gasteiger partial charge in [0.15, 0.2) is 0 Å². The maximum Gasteiger partial charge on any atom is 0.248 e. The first-order valence-corrected chi connectivity index (χ1v) is 9.72. The number of nitrogens with zero attached hydrogens (tertiary/aromatic N) is 1. The zero-order valence-electron chi connectivity index (χ0n) is 14.4. The van der Waals surface area contributed by atoms with Crippen molar-refractivity contribution in [2.24, 2.45) is 0 Å². The van der Waals surface area contributed by atoms with Crippen molar-refractivity contribution >= 4 is 52.2 Å². The van der Waals surface area contributed by atoms with Gasteiger partial charge >= 0.3 is 0 Å². The third-order valence-electron chi connectivity index (χ3n) is 3.57. The van der Waals surface area contributed by atoms with Crippen molar-refractivity contribution in [3.63, 3.8) is 0 Å². The van der Waals surface area contributed by atoms with E-state index < -0.39 is 0 Å². The molecule has 0 atom stereocenters. The molecule has 0 saturated heterocycles. The minimum atomic E-state index is -0.293. The van der Waals surface area contributed by atoms with Gasteiger partial charge in [-0.2, -0.15) is 0 Å². The number of nitrogens with one attached hydrogen (secondary N) is 1. The van der Waals surface area contributed by atoms with Crippen LogP contribution in [0.15, 0.2) is 53.9 Å². The summed E-state index contributed by atoms with van der Waals surface area (Å²) in [6.07, 6.45) is 3.15. The number of aryl methyl sites for hydroxylation is 1. The molecule has 0 fully saturated rings. The molecule has 138 valence electrons. The predicted molar refractivity (Wildman–Crippen MR) is 112 cm³/mol. The summed E-state index contributed by atoms with van der Waals surface area (Å²) in [5, 5.41) is 6.41. The monoisotopic (exact) mass is 418 g/mol. The SMILES string of the molecule is Cc1nc(COc2ccc(C=CC(=O)Nc3cccc(Cl)c3Cl)cc2)cs1. The van der Waals surface area contributed by atoms with E-state index in [1.54, 1.807) is 35.6 Å². The minimum Gasteiger partial charge on any atom is -0.487 e. The van der Waals surface area contributed by atoms with Crippen molar-refractivity contribution in [3.05, 3.63) is 80.2 Å². The number of halogens is 2. The highest BCUT2D eigenvalue weighted by Gasteiger charge is 2.06. The Hall–Kier alpha value is -2.34. The highest BCUT2D eigenvalue weighted by Crippen LogP contribution is 2.29. The molecule has 0 unspecified atom stereocenters. The smallest absolute Gasteiger partial charge is 0.248 e. The van der Waals surface area contributed by atoms with Crippen molar-refractivity contribution in [2.45, 2.75) is 13.5 Å². The summed E-state index contributed by atoms with van der Waals surface area (Å²) in [7, 11) is 0. The second-order valence-corrected chi connectivity index (χ2v) is 7.49. The topological polar surface area (TPSA) is 51.2 Å². The number of aromatic nitrogens is 1. The van der Waals surface area contributed by atoms with Gasteiger partial charge in [0.2, 0.25) is 5.91 Å². The molecule has 3 rings (SSSR count). The lowest BCUT2D eigenvalue weighted by atomic mass is 10.2. The summed E-state index contributed by atoms with van der Waals surface area (Å²) < 4.78 is 5.70. The molecule has 0 radical (unpaired) electrons. The van der Waals surface area contributed by atoms with Crippen LogP contribution >= 0.6 is 34.5 Å². The molecule has 0 bridgehead atoms. The van der Waals surface area contributed by atoms with Gasteiger partial charge < -0.3 is 10.1 Å². The third kappa shape index (κ3) is 5.57. The molecule has 0 aliphatic carbocycles. The number of carbonyl (C=O) groups is 1. The van der Waals surface area contributed by atoms with E-state index in [4.69, 9.17) is 27.9 Å². The second kappa shape index (κ2) is 9.04. The Morgan fingerprint density at radius 3 is 2.70 bits per heavy atom. The molecule has 2 aromatic carbocycles. The van der Waals surface area contributed by atoms with Gasteiger partial charge in [-0.05, 0) is 42.8 Å². The van der Waals surface area contributed by atoms with E-state index in [0.717, 1.165) is 22.0 Å². The third-order valence-corrected chi connectivity index (χ3v) is 5.21. The zero-order valence-corrected chi connectivity index (χ0v) is 16.7. The van der Waals surface area contributed by atoms with Gasteiger partial charge in [0.25, 0.3) is 0 Å². The fraction of sp³-hybridized carbons (Fsp3) is 0.100. The first-order chi connectivity index (χ1) is 13.0. The van der Waals surface area contributed by atoms with Gasteiger partial charge in [-0.3, -0.25) is 4.79 Å². The van der Waals surface area contributed by atoms with Crippen LogP contribution in [0.1, 0.15) is 16.3 Å². The van der Waals surface area contributed by atoms with E-state index in [2.05, 4.69) is 10.3 Å². The maximum absolute atomic E-state index is 12.0. The van der Waals surface area contributed by atoms with Crippen LogP contribution in [0.5, 0.6) is 5.75 Å². The van der Waals surface area contributed by atoms with Crippen LogP contribution in [0.3, 0.4) is 0 Å². The molecule has 7 heteroatoms. The van der Waals surface area contributed by atoms with Crippen molar-refractivity contribution in [3.8, 4) is 5.75 Å². The van der Waals surface area contributed by atoms with Gasteiger partial charge in [-0.15, -0.1) is 11.3 Å². The summed E-state index contributed by atoms with van der Waals surface area (Å²) in [5.74, 6) is 0.450. The summed E-state index contributed by atoms with van der Waals surface area (Å²) >= 11 is 13.6. The Bertz CT molecular complexity index is 968. The Morgan fingerprint density at radius 2 is 2.00 bits per heavy atom. The van der Waals surface area contributed by atoms with E-state index in [0.29, 0.717) is 22.3 Å². The quantitative estimate of drug-likeness (QED) is 0.500. The fourth-order valence-corrected chi connectivity index (χ4v) is 3.20. The highest BCUT2D eigenvalue weighted by atomic mass is 35.5.